The number of hydrogen-bond donors (Lipinski definition) is 1. The molecule has 1 aliphatic heterocycles. The molecule has 0 aromatic heterocycles. The molecule has 0 radical (unpaired) electrons. The highest BCUT2D eigenvalue weighted by atomic mass is 79.9. The van der Waals surface area contributed by atoms with E-state index in [0.29, 0.717) is 23.3 Å². The lowest BCUT2D eigenvalue weighted by Crippen LogP contribution is -2.16. The van der Waals surface area contributed by atoms with E-state index in [9.17, 15) is 13.2 Å². The molecule has 104 valence electrons. The number of alkyl halides is 3. The molecule has 0 saturated heterocycles. The van der Waals surface area contributed by atoms with Gasteiger partial charge in [-0.2, -0.15) is 13.2 Å². The van der Waals surface area contributed by atoms with Crippen molar-refractivity contribution in [1.29, 1.82) is 0 Å². The van der Waals surface area contributed by atoms with Crippen molar-refractivity contribution in [2.45, 2.75) is 31.9 Å². The number of hydrogen-bond acceptors (Lipinski definition) is 2. The molecule has 1 aromatic carbocycles. The molecule has 0 unspecified atom stereocenters. The zero-order valence-corrected chi connectivity index (χ0v) is 11.8. The molecule has 0 atom stereocenters. The molecule has 0 aliphatic carbocycles. The van der Waals surface area contributed by atoms with Crippen molar-refractivity contribution >= 4 is 27.5 Å². The topological polar surface area (TPSA) is 24.4 Å². The molecule has 1 aliphatic rings. The van der Waals surface area contributed by atoms with Crippen LogP contribution in [0.1, 0.15) is 31.2 Å². The van der Waals surface area contributed by atoms with Crippen molar-refractivity contribution in [3.05, 3.63) is 28.2 Å². The Kier molecular flexibility index (Phi) is 4.50. The second-order valence-electron chi connectivity index (χ2n) is 4.45. The van der Waals surface area contributed by atoms with Crippen molar-refractivity contribution in [2.75, 3.05) is 11.9 Å². The lowest BCUT2D eigenvalue weighted by Gasteiger charge is -2.15. The minimum Gasteiger partial charge on any atom is -0.344 e. The second kappa shape index (κ2) is 5.94. The Hall–Kier alpha value is -1.04. The minimum absolute atomic E-state index is 0.0661. The van der Waals surface area contributed by atoms with E-state index >= 15 is 0 Å². The smallest absolute Gasteiger partial charge is 0.344 e. The third-order valence-electron chi connectivity index (χ3n) is 2.94. The van der Waals surface area contributed by atoms with Gasteiger partial charge in [0.25, 0.3) is 0 Å². The average Bonchev–Trinajstić information content (AvgIpc) is 2.59. The summed E-state index contributed by atoms with van der Waals surface area (Å²) in [6, 6.07) is 4.11. The van der Waals surface area contributed by atoms with Gasteiger partial charge < -0.3 is 5.32 Å². The first-order valence-electron chi connectivity index (χ1n) is 6.14. The van der Waals surface area contributed by atoms with Crippen LogP contribution in [0.4, 0.5) is 18.9 Å². The van der Waals surface area contributed by atoms with Gasteiger partial charge in [-0.05, 0) is 31.0 Å². The summed E-state index contributed by atoms with van der Waals surface area (Å²) in [6.45, 7) is 0.681. The fraction of sp³-hybridized carbons (Fsp3) is 0.462. The van der Waals surface area contributed by atoms with Gasteiger partial charge in [0, 0.05) is 17.4 Å². The largest absolute Gasteiger partial charge is 0.418 e. The minimum atomic E-state index is -4.38. The predicted octanol–water partition coefficient (Wildman–Crippen LogP) is 4.85. The maximum atomic E-state index is 13.0. The lowest BCUT2D eigenvalue weighted by molar-refractivity contribution is -0.136. The third kappa shape index (κ3) is 3.96. The standard InChI is InChI=1S/C13H14BrF3N2/c14-9-5-6-11(10(8-9)13(15,16)17)19-12-4-2-1-3-7-18-12/h5-6,8H,1-4,7H2,(H,18,19). The Morgan fingerprint density at radius 3 is 2.68 bits per heavy atom. The summed E-state index contributed by atoms with van der Waals surface area (Å²) < 4.78 is 39.3. The van der Waals surface area contributed by atoms with Crippen LogP contribution >= 0.6 is 15.9 Å². The SMILES string of the molecule is FC(F)(F)c1cc(Br)ccc1NC1=NCCCCC1. The molecule has 0 fully saturated rings. The summed E-state index contributed by atoms with van der Waals surface area (Å²) in [5, 5.41) is 2.83. The highest BCUT2D eigenvalue weighted by Gasteiger charge is 2.34. The van der Waals surface area contributed by atoms with Gasteiger partial charge in [-0.15, -0.1) is 0 Å². The summed E-state index contributed by atoms with van der Waals surface area (Å²) in [6.07, 6.45) is -0.646. The predicted molar refractivity (Wildman–Crippen MR) is 73.5 cm³/mol. The van der Waals surface area contributed by atoms with Gasteiger partial charge in [-0.3, -0.25) is 4.99 Å². The van der Waals surface area contributed by atoms with E-state index in [-0.39, 0.29) is 5.69 Å². The Labute approximate surface area is 118 Å². The summed E-state index contributed by atoms with van der Waals surface area (Å²) in [5.74, 6) is 0.644. The molecule has 1 N–H and O–H groups in total. The molecular formula is C13H14BrF3N2. The fourth-order valence-electron chi connectivity index (χ4n) is 1.99. The van der Waals surface area contributed by atoms with Crippen LogP contribution in [-0.4, -0.2) is 12.4 Å². The van der Waals surface area contributed by atoms with Gasteiger partial charge in [-0.25, -0.2) is 0 Å². The number of halogens is 4. The van der Waals surface area contributed by atoms with Gasteiger partial charge in [0.15, 0.2) is 0 Å². The summed E-state index contributed by atoms with van der Waals surface area (Å²) in [5.41, 5.74) is -0.606. The highest BCUT2D eigenvalue weighted by Crippen LogP contribution is 2.36. The van der Waals surface area contributed by atoms with Crippen LogP contribution < -0.4 is 5.32 Å². The van der Waals surface area contributed by atoms with E-state index in [1.807, 2.05) is 0 Å². The number of anilines is 1. The van der Waals surface area contributed by atoms with Gasteiger partial charge in [0.2, 0.25) is 0 Å². The maximum absolute atomic E-state index is 13.0. The van der Waals surface area contributed by atoms with Crippen LogP contribution in [0.25, 0.3) is 0 Å². The molecule has 2 rings (SSSR count). The molecule has 1 heterocycles. The number of nitrogens with zero attached hydrogens (tertiary/aromatic N) is 1. The second-order valence-corrected chi connectivity index (χ2v) is 5.37. The van der Waals surface area contributed by atoms with Gasteiger partial charge >= 0.3 is 6.18 Å². The van der Waals surface area contributed by atoms with E-state index < -0.39 is 11.7 Å². The number of benzene rings is 1. The van der Waals surface area contributed by atoms with E-state index in [0.717, 1.165) is 25.3 Å². The molecule has 6 heteroatoms. The van der Waals surface area contributed by atoms with E-state index in [4.69, 9.17) is 0 Å². The van der Waals surface area contributed by atoms with Crippen molar-refractivity contribution in [3.8, 4) is 0 Å². The Morgan fingerprint density at radius 2 is 1.95 bits per heavy atom. The number of amidine groups is 1. The van der Waals surface area contributed by atoms with E-state index in [1.54, 1.807) is 6.07 Å². The van der Waals surface area contributed by atoms with Crippen LogP contribution in [-0.2, 0) is 6.18 Å². The molecule has 19 heavy (non-hydrogen) atoms. The monoisotopic (exact) mass is 334 g/mol. The van der Waals surface area contributed by atoms with E-state index in [1.165, 1.54) is 6.07 Å². The first-order valence-corrected chi connectivity index (χ1v) is 6.93. The van der Waals surface area contributed by atoms with Crippen molar-refractivity contribution in [2.24, 2.45) is 4.99 Å². The molecule has 0 saturated carbocycles. The van der Waals surface area contributed by atoms with Crippen LogP contribution in [0, 0.1) is 0 Å². The lowest BCUT2D eigenvalue weighted by atomic mass is 10.1. The molecule has 0 spiro atoms. The fourth-order valence-corrected chi connectivity index (χ4v) is 2.35. The highest BCUT2D eigenvalue weighted by molar-refractivity contribution is 9.10. The van der Waals surface area contributed by atoms with Crippen LogP contribution in [0.5, 0.6) is 0 Å². The van der Waals surface area contributed by atoms with E-state index in [2.05, 4.69) is 26.2 Å². The summed E-state index contributed by atoms with van der Waals surface area (Å²) in [7, 11) is 0. The Morgan fingerprint density at radius 1 is 1.16 bits per heavy atom. The van der Waals surface area contributed by atoms with Crippen molar-refractivity contribution < 1.29 is 13.2 Å². The van der Waals surface area contributed by atoms with Crippen LogP contribution in [0.2, 0.25) is 0 Å². The quantitative estimate of drug-likeness (QED) is 0.779. The molecule has 1 aromatic rings. The Balaban J connectivity index is 2.26. The third-order valence-corrected chi connectivity index (χ3v) is 3.43. The maximum Gasteiger partial charge on any atom is 0.418 e. The number of rotatable bonds is 1. The first-order chi connectivity index (χ1) is 8.97. The first kappa shape index (κ1) is 14.4. The average molecular weight is 335 g/mol. The van der Waals surface area contributed by atoms with Crippen LogP contribution in [0.3, 0.4) is 0 Å². The summed E-state index contributed by atoms with van der Waals surface area (Å²) in [4.78, 5) is 4.29. The zero-order chi connectivity index (χ0) is 13.9. The molecule has 2 nitrogen and oxygen atoms in total. The van der Waals surface area contributed by atoms with Crippen molar-refractivity contribution in [1.82, 2.24) is 0 Å². The van der Waals surface area contributed by atoms with Crippen molar-refractivity contribution in [3.63, 3.8) is 0 Å². The Bertz CT molecular complexity index is 483. The van der Waals surface area contributed by atoms with Gasteiger partial charge in [0.05, 0.1) is 11.3 Å². The summed E-state index contributed by atoms with van der Waals surface area (Å²) >= 11 is 3.07. The molecule has 0 amide bonds. The number of nitrogens with one attached hydrogen (secondary N) is 1. The zero-order valence-electron chi connectivity index (χ0n) is 10.2. The van der Waals surface area contributed by atoms with Gasteiger partial charge in [-0.1, -0.05) is 22.4 Å². The van der Waals surface area contributed by atoms with Crippen LogP contribution in [0.15, 0.2) is 27.7 Å². The number of aliphatic imine (C=N–C) groups is 1. The van der Waals surface area contributed by atoms with Gasteiger partial charge in [0.1, 0.15) is 5.84 Å². The molecular weight excluding hydrogens is 321 g/mol. The normalized spacial score (nSPS) is 16.7. The molecule has 0 bridgehead atoms.